The van der Waals surface area contributed by atoms with E-state index in [4.69, 9.17) is 0 Å². The van der Waals surface area contributed by atoms with Crippen LogP contribution in [0.5, 0.6) is 0 Å². The molecule has 0 saturated heterocycles. The van der Waals surface area contributed by atoms with Crippen LogP contribution in [0.25, 0.3) is 0 Å². The van der Waals surface area contributed by atoms with Crippen molar-refractivity contribution in [1.29, 1.82) is 0 Å². The van der Waals surface area contributed by atoms with Gasteiger partial charge in [0.2, 0.25) is 0 Å². The highest BCUT2D eigenvalue weighted by atomic mass is 32.1. The maximum atomic E-state index is 4.22. The first-order valence-electron chi connectivity index (χ1n) is 5.57. The largest absolute Gasteiger partial charge is 0.303 e. The van der Waals surface area contributed by atoms with Crippen LogP contribution in [0, 0.1) is 5.92 Å². The van der Waals surface area contributed by atoms with Crippen molar-refractivity contribution in [2.24, 2.45) is 5.92 Å². The number of nitrogens with zero attached hydrogens (tertiary/aromatic N) is 1. The summed E-state index contributed by atoms with van der Waals surface area (Å²) in [5.41, 5.74) is 0. The van der Waals surface area contributed by atoms with Gasteiger partial charge in [-0.05, 0) is 37.6 Å². The van der Waals surface area contributed by atoms with E-state index in [0.717, 1.165) is 11.7 Å². The second-order valence-corrected chi connectivity index (χ2v) is 4.28. The molecule has 0 radical (unpaired) electrons. The second kappa shape index (κ2) is 8.89. The molecule has 0 aromatic rings. The molecule has 1 unspecified atom stereocenters. The summed E-state index contributed by atoms with van der Waals surface area (Å²) in [5, 5.41) is 0. The summed E-state index contributed by atoms with van der Waals surface area (Å²) in [6.45, 7) is 10.6. The molecule has 0 rings (SSSR count). The van der Waals surface area contributed by atoms with Gasteiger partial charge in [0.05, 0.1) is 0 Å². The van der Waals surface area contributed by atoms with Crippen molar-refractivity contribution < 1.29 is 0 Å². The second-order valence-electron chi connectivity index (χ2n) is 3.84. The van der Waals surface area contributed by atoms with Crippen molar-refractivity contribution in [2.45, 2.75) is 40.0 Å². The van der Waals surface area contributed by atoms with E-state index in [-0.39, 0.29) is 0 Å². The average molecular weight is 203 g/mol. The normalized spacial score (nSPS) is 13.6. The Hall–Kier alpha value is 0.310. The first kappa shape index (κ1) is 13.3. The standard InChI is InChI=1S/C11H25NS/c1-4-11(3)10-12(5-2)8-6-7-9-13/h11,13H,4-10H2,1-3H3. The van der Waals surface area contributed by atoms with Gasteiger partial charge in [-0.25, -0.2) is 0 Å². The zero-order valence-electron chi connectivity index (χ0n) is 9.42. The Balaban J connectivity index is 3.50. The molecule has 1 atom stereocenters. The van der Waals surface area contributed by atoms with Gasteiger partial charge in [0.15, 0.2) is 0 Å². The van der Waals surface area contributed by atoms with Gasteiger partial charge in [0.25, 0.3) is 0 Å². The van der Waals surface area contributed by atoms with E-state index in [1.807, 2.05) is 0 Å². The van der Waals surface area contributed by atoms with E-state index in [9.17, 15) is 0 Å². The van der Waals surface area contributed by atoms with Crippen molar-refractivity contribution >= 4 is 12.6 Å². The summed E-state index contributed by atoms with van der Waals surface area (Å²) < 4.78 is 0. The zero-order chi connectivity index (χ0) is 10.1. The number of unbranched alkanes of at least 4 members (excludes halogenated alkanes) is 1. The van der Waals surface area contributed by atoms with Crippen molar-refractivity contribution in [3.05, 3.63) is 0 Å². The van der Waals surface area contributed by atoms with Crippen LogP contribution in [0.3, 0.4) is 0 Å². The van der Waals surface area contributed by atoms with Crippen molar-refractivity contribution in [1.82, 2.24) is 4.90 Å². The number of hydrogen-bond donors (Lipinski definition) is 1. The Bertz CT molecular complexity index is 106. The zero-order valence-corrected chi connectivity index (χ0v) is 10.3. The third-order valence-corrected chi connectivity index (χ3v) is 2.91. The Morgan fingerprint density at radius 1 is 1.23 bits per heavy atom. The van der Waals surface area contributed by atoms with Gasteiger partial charge in [-0.2, -0.15) is 12.6 Å². The number of thiol groups is 1. The van der Waals surface area contributed by atoms with E-state index in [0.29, 0.717) is 0 Å². The molecule has 0 aromatic heterocycles. The van der Waals surface area contributed by atoms with Gasteiger partial charge < -0.3 is 4.90 Å². The number of rotatable bonds is 8. The lowest BCUT2D eigenvalue weighted by atomic mass is 10.1. The highest BCUT2D eigenvalue weighted by Gasteiger charge is 2.05. The third kappa shape index (κ3) is 7.39. The van der Waals surface area contributed by atoms with E-state index < -0.39 is 0 Å². The van der Waals surface area contributed by atoms with Crippen LogP contribution in [0.4, 0.5) is 0 Å². The molecular formula is C11H25NS. The molecule has 2 heteroatoms. The quantitative estimate of drug-likeness (QED) is 0.469. The lowest BCUT2D eigenvalue weighted by molar-refractivity contribution is 0.243. The van der Waals surface area contributed by atoms with Gasteiger partial charge in [0.1, 0.15) is 0 Å². The Morgan fingerprint density at radius 3 is 2.38 bits per heavy atom. The summed E-state index contributed by atoms with van der Waals surface area (Å²) in [6.07, 6.45) is 3.84. The average Bonchev–Trinajstić information content (AvgIpc) is 2.16. The van der Waals surface area contributed by atoms with Gasteiger partial charge in [-0.3, -0.25) is 0 Å². The van der Waals surface area contributed by atoms with E-state index in [1.54, 1.807) is 0 Å². The topological polar surface area (TPSA) is 3.24 Å². The molecule has 80 valence electrons. The van der Waals surface area contributed by atoms with Gasteiger partial charge in [-0.15, -0.1) is 0 Å². The third-order valence-electron chi connectivity index (χ3n) is 2.60. The molecule has 0 saturated carbocycles. The molecule has 0 N–H and O–H groups in total. The van der Waals surface area contributed by atoms with Crippen LogP contribution in [0.2, 0.25) is 0 Å². The summed E-state index contributed by atoms with van der Waals surface area (Å²) in [4.78, 5) is 2.55. The fraction of sp³-hybridized carbons (Fsp3) is 1.00. The Kier molecular flexibility index (Phi) is 9.10. The summed E-state index contributed by atoms with van der Waals surface area (Å²) in [5.74, 6) is 1.87. The molecule has 0 aliphatic rings. The van der Waals surface area contributed by atoms with Crippen LogP contribution >= 0.6 is 12.6 Å². The minimum atomic E-state index is 0.843. The monoisotopic (exact) mass is 203 g/mol. The summed E-state index contributed by atoms with van der Waals surface area (Å²) >= 11 is 4.22. The molecule has 0 aliphatic heterocycles. The first-order valence-corrected chi connectivity index (χ1v) is 6.21. The summed E-state index contributed by atoms with van der Waals surface area (Å²) in [7, 11) is 0. The van der Waals surface area contributed by atoms with Crippen LogP contribution in [0.1, 0.15) is 40.0 Å². The highest BCUT2D eigenvalue weighted by Crippen LogP contribution is 2.05. The first-order chi connectivity index (χ1) is 6.24. The summed E-state index contributed by atoms with van der Waals surface area (Å²) in [6, 6.07) is 0. The minimum absolute atomic E-state index is 0.843. The molecule has 13 heavy (non-hydrogen) atoms. The van der Waals surface area contributed by atoms with E-state index >= 15 is 0 Å². The van der Waals surface area contributed by atoms with Crippen LogP contribution in [0.15, 0.2) is 0 Å². The highest BCUT2D eigenvalue weighted by molar-refractivity contribution is 7.80. The van der Waals surface area contributed by atoms with E-state index in [2.05, 4.69) is 38.3 Å². The fourth-order valence-electron chi connectivity index (χ4n) is 1.40. The Labute approximate surface area is 89.3 Å². The maximum Gasteiger partial charge on any atom is 0.000680 e. The molecule has 0 spiro atoms. The maximum absolute atomic E-state index is 4.22. The predicted molar refractivity (Wildman–Crippen MR) is 64.7 cm³/mol. The molecule has 0 aliphatic carbocycles. The fourth-order valence-corrected chi connectivity index (χ4v) is 1.62. The predicted octanol–water partition coefficient (Wildman–Crippen LogP) is 3.06. The van der Waals surface area contributed by atoms with Crippen LogP contribution in [-0.2, 0) is 0 Å². The van der Waals surface area contributed by atoms with E-state index in [1.165, 1.54) is 38.9 Å². The lowest BCUT2D eigenvalue weighted by Crippen LogP contribution is -2.29. The number of hydrogen-bond acceptors (Lipinski definition) is 2. The molecule has 0 aromatic carbocycles. The molecular weight excluding hydrogens is 178 g/mol. The molecule has 0 bridgehead atoms. The Morgan fingerprint density at radius 2 is 1.92 bits per heavy atom. The van der Waals surface area contributed by atoms with Crippen molar-refractivity contribution in [2.75, 3.05) is 25.4 Å². The van der Waals surface area contributed by atoms with Gasteiger partial charge in [-0.1, -0.05) is 27.2 Å². The minimum Gasteiger partial charge on any atom is -0.303 e. The smallest absolute Gasteiger partial charge is 0.000680 e. The molecule has 1 nitrogen and oxygen atoms in total. The molecule has 0 amide bonds. The SMILES string of the molecule is CCC(C)CN(CC)CCCCS. The molecule has 0 heterocycles. The van der Waals surface area contributed by atoms with Gasteiger partial charge in [0, 0.05) is 6.54 Å². The lowest BCUT2D eigenvalue weighted by Gasteiger charge is -2.23. The van der Waals surface area contributed by atoms with Crippen LogP contribution in [-0.4, -0.2) is 30.3 Å². The molecule has 0 fully saturated rings. The van der Waals surface area contributed by atoms with Crippen molar-refractivity contribution in [3.63, 3.8) is 0 Å². The van der Waals surface area contributed by atoms with Crippen LogP contribution < -0.4 is 0 Å². The van der Waals surface area contributed by atoms with Gasteiger partial charge >= 0.3 is 0 Å². The van der Waals surface area contributed by atoms with Crippen molar-refractivity contribution in [3.8, 4) is 0 Å².